The van der Waals surface area contributed by atoms with Crippen molar-refractivity contribution in [2.45, 2.75) is 19.8 Å². The minimum atomic E-state index is 0.291. The zero-order chi connectivity index (χ0) is 7.40. The topological polar surface area (TPSA) is 32.9 Å². The van der Waals surface area contributed by atoms with E-state index in [1.54, 1.807) is 0 Å². The van der Waals surface area contributed by atoms with Gasteiger partial charge in [-0.2, -0.15) is 0 Å². The summed E-state index contributed by atoms with van der Waals surface area (Å²) in [5.41, 5.74) is 1.08. The average Bonchev–Trinajstić information content (AvgIpc) is 2.40. The van der Waals surface area contributed by atoms with Crippen molar-refractivity contribution in [3.8, 4) is 0 Å². The van der Waals surface area contributed by atoms with Crippen LogP contribution in [0, 0.1) is 0 Å². The standard InChI is InChI=1S/C8H11NO/c1-2-8(10)5-7-3-4-9-6-7/h3-4,6,9H,2,5H2,1H3. The van der Waals surface area contributed by atoms with Crippen LogP contribution in [0.1, 0.15) is 18.9 Å². The maximum absolute atomic E-state index is 10.9. The minimum Gasteiger partial charge on any atom is -0.367 e. The fourth-order valence-corrected chi connectivity index (χ4v) is 0.821. The molecule has 0 aliphatic rings. The molecule has 0 fully saturated rings. The van der Waals surface area contributed by atoms with Crippen molar-refractivity contribution in [1.29, 1.82) is 0 Å². The van der Waals surface area contributed by atoms with Crippen LogP contribution < -0.4 is 0 Å². The second-order valence-corrected chi connectivity index (χ2v) is 2.29. The number of H-pyrrole nitrogens is 1. The number of carbonyl (C=O) groups excluding carboxylic acids is 1. The molecule has 0 amide bonds. The van der Waals surface area contributed by atoms with E-state index in [4.69, 9.17) is 0 Å². The van der Waals surface area contributed by atoms with Crippen LogP contribution in [-0.2, 0) is 11.2 Å². The molecule has 2 heteroatoms. The zero-order valence-electron chi connectivity index (χ0n) is 6.05. The van der Waals surface area contributed by atoms with Crippen LogP contribution >= 0.6 is 0 Å². The molecule has 0 unspecified atom stereocenters. The predicted molar refractivity (Wildman–Crippen MR) is 39.8 cm³/mol. The van der Waals surface area contributed by atoms with E-state index in [1.807, 2.05) is 25.4 Å². The maximum atomic E-state index is 10.9. The summed E-state index contributed by atoms with van der Waals surface area (Å²) in [6, 6.07) is 1.92. The molecule has 0 bridgehead atoms. The third kappa shape index (κ3) is 1.72. The molecular weight excluding hydrogens is 126 g/mol. The Bertz CT molecular complexity index is 201. The van der Waals surface area contributed by atoms with Crippen molar-refractivity contribution in [2.24, 2.45) is 0 Å². The summed E-state index contributed by atoms with van der Waals surface area (Å²) in [5, 5.41) is 0. The quantitative estimate of drug-likeness (QED) is 0.673. The number of ketones is 1. The molecule has 0 aliphatic heterocycles. The van der Waals surface area contributed by atoms with Gasteiger partial charge in [-0.15, -0.1) is 0 Å². The van der Waals surface area contributed by atoms with Crippen molar-refractivity contribution in [1.82, 2.24) is 4.98 Å². The first-order chi connectivity index (χ1) is 4.83. The van der Waals surface area contributed by atoms with E-state index < -0.39 is 0 Å². The van der Waals surface area contributed by atoms with Crippen LogP contribution in [0.25, 0.3) is 0 Å². The zero-order valence-corrected chi connectivity index (χ0v) is 6.05. The molecule has 1 aromatic heterocycles. The molecule has 0 saturated carbocycles. The number of aromatic amines is 1. The van der Waals surface area contributed by atoms with E-state index in [1.165, 1.54) is 0 Å². The smallest absolute Gasteiger partial charge is 0.137 e. The van der Waals surface area contributed by atoms with Crippen molar-refractivity contribution in [3.63, 3.8) is 0 Å². The number of hydrogen-bond donors (Lipinski definition) is 1. The van der Waals surface area contributed by atoms with Gasteiger partial charge >= 0.3 is 0 Å². The van der Waals surface area contributed by atoms with E-state index in [2.05, 4.69) is 4.98 Å². The summed E-state index contributed by atoms with van der Waals surface area (Å²) in [4.78, 5) is 13.8. The van der Waals surface area contributed by atoms with Crippen LogP contribution in [0.2, 0.25) is 0 Å². The lowest BCUT2D eigenvalue weighted by molar-refractivity contribution is -0.118. The first-order valence-electron chi connectivity index (χ1n) is 3.46. The van der Waals surface area contributed by atoms with E-state index in [9.17, 15) is 4.79 Å². The summed E-state index contributed by atoms with van der Waals surface area (Å²) in [7, 11) is 0. The van der Waals surface area contributed by atoms with Gasteiger partial charge in [0, 0.05) is 25.2 Å². The van der Waals surface area contributed by atoms with Crippen LogP contribution in [0.15, 0.2) is 18.5 Å². The first-order valence-corrected chi connectivity index (χ1v) is 3.46. The Morgan fingerprint density at radius 3 is 3.00 bits per heavy atom. The largest absolute Gasteiger partial charge is 0.367 e. The summed E-state index contributed by atoms with van der Waals surface area (Å²) < 4.78 is 0. The van der Waals surface area contributed by atoms with Gasteiger partial charge in [-0.3, -0.25) is 4.79 Å². The Morgan fingerprint density at radius 1 is 1.70 bits per heavy atom. The van der Waals surface area contributed by atoms with Crippen LogP contribution in [0.5, 0.6) is 0 Å². The molecule has 0 aliphatic carbocycles. The van der Waals surface area contributed by atoms with Gasteiger partial charge in [0.1, 0.15) is 5.78 Å². The number of aromatic nitrogens is 1. The molecule has 1 rings (SSSR count). The summed E-state index contributed by atoms with van der Waals surface area (Å²) >= 11 is 0. The summed E-state index contributed by atoms with van der Waals surface area (Å²) in [5.74, 6) is 0.291. The highest BCUT2D eigenvalue weighted by Crippen LogP contribution is 1.99. The Labute approximate surface area is 60.3 Å². The second kappa shape index (κ2) is 3.20. The third-order valence-corrected chi connectivity index (χ3v) is 1.46. The lowest BCUT2D eigenvalue weighted by Gasteiger charge is -1.91. The van der Waals surface area contributed by atoms with E-state index in [-0.39, 0.29) is 0 Å². The van der Waals surface area contributed by atoms with Gasteiger partial charge in [-0.1, -0.05) is 6.92 Å². The van der Waals surface area contributed by atoms with E-state index >= 15 is 0 Å². The molecular formula is C8H11NO. The van der Waals surface area contributed by atoms with Crippen LogP contribution in [-0.4, -0.2) is 10.8 Å². The normalized spacial score (nSPS) is 9.70. The molecule has 0 radical (unpaired) electrons. The van der Waals surface area contributed by atoms with Crippen molar-refractivity contribution in [3.05, 3.63) is 24.0 Å². The van der Waals surface area contributed by atoms with E-state index in [0.717, 1.165) is 5.56 Å². The fourth-order valence-electron chi connectivity index (χ4n) is 0.821. The minimum absolute atomic E-state index is 0.291. The molecule has 2 nitrogen and oxygen atoms in total. The monoisotopic (exact) mass is 137 g/mol. The van der Waals surface area contributed by atoms with Gasteiger partial charge in [0.05, 0.1) is 0 Å². The molecule has 1 N–H and O–H groups in total. The van der Waals surface area contributed by atoms with E-state index in [0.29, 0.717) is 18.6 Å². The molecule has 54 valence electrons. The Balaban J connectivity index is 2.48. The Morgan fingerprint density at radius 2 is 2.50 bits per heavy atom. The maximum Gasteiger partial charge on any atom is 0.137 e. The highest BCUT2D eigenvalue weighted by Gasteiger charge is 1.99. The Hall–Kier alpha value is -1.05. The molecule has 0 aromatic carbocycles. The van der Waals surface area contributed by atoms with Crippen LogP contribution in [0.3, 0.4) is 0 Å². The van der Waals surface area contributed by atoms with Crippen molar-refractivity contribution in [2.75, 3.05) is 0 Å². The lowest BCUT2D eigenvalue weighted by Crippen LogP contribution is -1.98. The number of nitrogens with one attached hydrogen (secondary N) is 1. The SMILES string of the molecule is CCC(=O)Cc1cc[nH]c1. The molecule has 0 saturated heterocycles. The number of rotatable bonds is 3. The highest BCUT2D eigenvalue weighted by atomic mass is 16.1. The van der Waals surface area contributed by atoms with Gasteiger partial charge in [0.15, 0.2) is 0 Å². The van der Waals surface area contributed by atoms with Gasteiger partial charge in [-0.25, -0.2) is 0 Å². The summed E-state index contributed by atoms with van der Waals surface area (Å²) in [6.07, 6.45) is 4.89. The van der Waals surface area contributed by atoms with Crippen LogP contribution in [0.4, 0.5) is 0 Å². The number of Topliss-reactive ketones (excluding diaryl/α,β-unsaturated/α-hetero) is 1. The fraction of sp³-hybridized carbons (Fsp3) is 0.375. The average molecular weight is 137 g/mol. The second-order valence-electron chi connectivity index (χ2n) is 2.29. The third-order valence-electron chi connectivity index (χ3n) is 1.46. The molecule has 1 heterocycles. The Kier molecular flexibility index (Phi) is 2.26. The molecule has 10 heavy (non-hydrogen) atoms. The van der Waals surface area contributed by atoms with Crippen molar-refractivity contribution < 1.29 is 4.79 Å². The molecule has 0 spiro atoms. The number of carbonyl (C=O) groups is 1. The number of hydrogen-bond acceptors (Lipinski definition) is 1. The van der Waals surface area contributed by atoms with Gasteiger partial charge < -0.3 is 4.98 Å². The molecule has 1 aromatic rings. The van der Waals surface area contributed by atoms with Gasteiger partial charge in [-0.05, 0) is 11.6 Å². The summed E-state index contributed by atoms with van der Waals surface area (Å²) in [6.45, 7) is 1.88. The first kappa shape index (κ1) is 7.06. The van der Waals surface area contributed by atoms with Crippen molar-refractivity contribution >= 4 is 5.78 Å². The molecule has 0 atom stereocenters. The highest BCUT2D eigenvalue weighted by molar-refractivity contribution is 5.80. The lowest BCUT2D eigenvalue weighted by atomic mass is 10.1. The predicted octanol–water partition coefficient (Wildman–Crippen LogP) is 1.54. The van der Waals surface area contributed by atoms with Gasteiger partial charge in [0.2, 0.25) is 0 Å². The van der Waals surface area contributed by atoms with Gasteiger partial charge in [0.25, 0.3) is 0 Å².